The Morgan fingerprint density at radius 2 is 1.00 bits per heavy atom. The summed E-state index contributed by atoms with van der Waals surface area (Å²) in [5.74, 6) is 0. The second-order valence-corrected chi connectivity index (χ2v) is 0. The molecule has 4 radical (unpaired) electrons. The molecule has 0 bridgehead atoms. The van der Waals surface area contributed by atoms with E-state index < -0.39 is 0 Å². The van der Waals surface area contributed by atoms with E-state index in [2.05, 4.69) is 0 Å². The Kier molecular flexibility index (Phi) is 261. The summed E-state index contributed by atoms with van der Waals surface area (Å²) in [7, 11) is 0. The Labute approximate surface area is 90.2 Å². The summed E-state index contributed by atoms with van der Waals surface area (Å²) in [6.45, 7) is 0. The first kappa shape index (κ1) is 45.3. The Hall–Kier alpha value is 2.86. The summed E-state index contributed by atoms with van der Waals surface area (Å²) >= 11 is 0. The van der Waals surface area contributed by atoms with Gasteiger partial charge in [0, 0.05) is 91.5 Å². The van der Waals surface area contributed by atoms with E-state index in [4.69, 9.17) is 0 Å². The maximum absolute atomic E-state index is 0. The number of hydrogen-bond donors (Lipinski definition) is 0. The van der Waals surface area contributed by atoms with Gasteiger partial charge in [0.1, 0.15) is 0 Å². The Morgan fingerprint density at radius 3 is 1.00 bits per heavy atom. The fourth-order valence-corrected chi connectivity index (χ4v) is 0. The Bertz CT molecular complexity index is 11.6. The molecule has 0 saturated heterocycles. The summed E-state index contributed by atoms with van der Waals surface area (Å²) < 4.78 is 0. The van der Waals surface area contributed by atoms with Crippen molar-refractivity contribution in [2.75, 3.05) is 0 Å². The molecule has 0 amide bonds. The predicted octanol–water partition coefficient (Wildman–Crippen LogP) is -0.391. The fourth-order valence-electron chi connectivity index (χ4n) is 0. The Morgan fingerprint density at radius 1 is 1.00 bits per heavy atom. The average Bonchev–Trinajstić information content (AvgIpc) is 0. The molecule has 0 atom stereocenters. The first-order valence-electron chi connectivity index (χ1n) is 0. The summed E-state index contributed by atoms with van der Waals surface area (Å²) in [4.78, 5) is 0. The monoisotopic (exact) mass is 310 g/mol. The quantitative estimate of drug-likeness (QED) is 0.535. The van der Waals surface area contributed by atoms with Gasteiger partial charge in [0.2, 0.25) is 0 Å². The molecule has 0 spiro atoms. The molecule has 0 aromatic carbocycles. The molecular weight excluding hydrogens is 311 g/mol. The van der Waals surface area contributed by atoms with Crippen molar-refractivity contribution < 1.29 is 74.1 Å². The van der Waals surface area contributed by atoms with Gasteiger partial charge in [-0.3, -0.25) is 0 Å². The zero-order valence-electron chi connectivity index (χ0n) is 2.31. The van der Waals surface area contributed by atoms with Crippen molar-refractivity contribution in [1.29, 1.82) is 0 Å². The average molecular weight is 311 g/mol. The molecule has 0 fully saturated rings. The van der Waals surface area contributed by atoms with Crippen molar-refractivity contribution in [3.63, 3.8) is 0 Å². The zero-order valence-corrected chi connectivity index (χ0v) is 10.4. The van der Waals surface area contributed by atoms with Crippen LogP contribution in [0.15, 0.2) is 0 Å². The van der Waals surface area contributed by atoms with E-state index >= 15 is 0 Å². The molecule has 5 heteroatoms. The van der Waals surface area contributed by atoms with Crippen LogP contribution in [0.1, 0.15) is 0 Å². The van der Waals surface area contributed by atoms with Gasteiger partial charge in [-0.25, -0.2) is 0 Å². The topological polar surface area (TPSA) is 0 Å². The minimum atomic E-state index is 0. The van der Waals surface area contributed by atoms with Gasteiger partial charge >= 0.3 is 0 Å². The molecule has 0 aromatic heterocycles. The van der Waals surface area contributed by atoms with Gasteiger partial charge in [-0.1, -0.05) is 0 Å². The van der Waals surface area contributed by atoms with E-state index in [0.717, 1.165) is 0 Å². The van der Waals surface area contributed by atoms with Crippen molar-refractivity contribution in [1.82, 2.24) is 0 Å². The van der Waals surface area contributed by atoms with Crippen molar-refractivity contribution in [2.45, 2.75) is 0 Å². The molecule has 0 aliphatic carbocycles. The van der Waals surface area contributed by atoms with E-state index in [1.807, 2.05) is 0 Å². The van der Waals surface area contributed by atoms with E-state index in [9.17, 15) is 0 Å². The van der Waals surface area contributed by atoms with Gasteiger partial charge in [0.15, 0.2) is 0 Å². The number of rotatable bonds is 0. The first-order valence-corrected chi connectivity index (χ1v) is 0. The van der Waals surface area contributed by atoms with Gasteiger partial charge in [-0.2, -0.15) is 0 Å². The third kappa shape index (κ3) is 19.8. The largest absolute Gasteiger partial charge is 0 e. The van der Waals surface area contributed by atoms with Crippen LogP contribution in [-0.4, -0.2) is 17.4 Å². The second-order valence-electron chi connectivity index (χ2n) is 0. The second kappa shape index (κ2) is 28.8. The molecule has 0 heterocycles. The van der Waals surface area contributed by atoms with E-state index in [1.165, 1.54) is 0 Å². The van der Waals surface area contributed by atoms with Gasteiger partial charge < -0.3 is 0 Å². The smallest absolute Gasteiger partial charge is 0 e. The van der Waals surface area contributed by atoms with E-state index in [-0.39, 0.29) is 91.5 Å². The van der Waals surface area contributed by atoms with Crippen molar-refractivity contribution in [2.24, 2.45) is 0 Å². The summed E-state index contributed by atoms with van der Waals surface area (Å²) in [5.41, 5.74) is 0. The first-order chi connectivity index (χ1) is 0. The van der Waals surface area contributed by atoms with Gasteiger partial charge in [0.25, 0.3) is 0 Å². The number of hydrogen-bond acceptors (Lipinski definition) is 0. The van der Waals surface area contributed by atoms with Gasteiger partial charge in [-0.15, -0.1) is 0 Å². The van der Waals surface area contributed by atoms with Crippen LogP contribution in [0, 0.1) is 0 Å². The molecule has 0 rings (SSSR count). The molecule has 0 aliphatic rings. The summed E-state index contributed by atoms with van der Waals surface area (Å²) in [6.07, 6.45) is 0. The van der Waals surface area contributed by atoms with Crippen LogP contribution in [0.5, 0.6) is 0 Å². The molecule has 0 N–H and O–H groups in total. The third-order valence-corrected chi connectivity index (χ3v) is 0. The fraction of sp³-hybridized carbons (Fsp3) is 0. The van der Waals surface area contributed by atoms with Crippen LogP contribution in [0.3, 0.4) is 0 Å². The zero-order chi connectivity index (χ0) is 0. The molecule has 5 heavy (non-hydrogen) atoms. The maximum atomic E-state index is 0. The maximum Gasteiger partial charge on any atom is 0 e. The van der Waals surface area contributed by atoms with Crippen LogP contribution in [0.25, 0.3) is 0 Å². The van der Waals surface area contributed by atoms with Crippen LogP contribution >= 0.6 is 0 Å². The molecule has 0 saturated carbocycles. The standard InChI is InChI=1S/Al.Cu.Mo.Ni.Zn. The summed E-state index contributed by atoms with van der Waals surface area (Å²) in [6, 6.07) is 0. The van der Waals surface area contributed by atoms with E-state index in [1.54, 1.807) is 0 Å². The van der Waals surface area contributed by atoms with Gasteiger partial charge in [-0.05, 0) is 0 Å². The van der Waals surface area contributed by atoms with Crippen LogP contribution in [0.2, 0.25) is 0 Å². The molecule has 0 unspecified atom stereocenters. The molecule has 0 nitrogen and oxygen atoms in total. The van der Waals surface area contributed by atoms with Crippen LogP contribution in [0.4, 0.5) is 0 Å². The molecule has 0 aliphatic heterocycles. The Balaban J connectivity index is 0. The van der Waals surface area contributed by atoms with Crippen LogP contribution in [-0.2, 0) is 74.1 Å². The minimum Gasteiger partial charge on any atom is 0 e. The summed E-state index contributed by atoms with van der Waals surface area (Å²) in [5, 5.41) is 0. The molecular formula is AlCuMoNiZn. The van der Waals surface area contributed by atoms with Crippen LogP contribution < -0.4 is 0 Å². The van der Waals surface area contributed by atoms with Crippen molar-refractivity contribution in [3.8, 4) is 0 Å². The van der Waals surface area contributed by atoms with Crippen molar-refractivity contribution in [3.05, 3.63) is 0 Å². The molecule has 0 aromatic rings. The predicted molar refractivity (Wildman–Crippen MR) is 5.75 cm³/mol. The van der Waals surface area contributed by atoms with E-state index in [0.29, 0.717) is 0 Å². The third-order valence-electron chi connectivity index (χ3n) is 0. The SMILES string of the molecule is [Al].[Cu].[Mo].[Ni].[Zn]. The van der Waals surface area contributed by atoms with Crippen molar-refractivity contribution >= 4 is 17.4 Å². The minimum absolute atomic E-state index is 0. The molecule has 32 valence electrons. The normalized spacial score (nSPS) is 0. The van der Waals surface area contributed by atoms with Gasteiger partial charge in [0.05, 0.1) is 0 Å².